The van der Waals surface area contributed by atoms with Crippen molar-refractivity contribution in [2.24, 2.45) is 0 Å². The lowest BCUT2D eigenvalue weighted by Gasteiger charge is -2.25. The summed E-state index contributed by atoms with van der Waals surface area (Å²) in [5, 5.41) is 4.92. The molecular formula is C31H39N2O12PS. The smallest absolute Gasteiger partial charge is 0.491 e. The van der Waals surface area contributed by atoms with Gasteiger partial charge in [-0.05, 0) is 91.8 Å². The van der Waals surface area contributed by atoms with Crippen molar-refractivity contribution in [3.05, 3.63) is 59.6 Å². The normalized spacial score (nSPS) is 13.8. The molecule has 16 heteroatoms. The Hall–Kier alpha value is -4.17. The second kappa shape index (κ2) is 17.1. The number of nitrogens with zero attached hydrogens (tertiary/aromatic N) is 1. The van der Waals surface area contributed by atoms with E-state index < -0.39 is 50.6 Å². The monoisotopic (exact) mass is 694 g/mol. The van der Waals surface area contributed by atoms with Gasteiger partial charge >= 0.3 is 19.9 Å². The number of nitrogens with one attached hydrogen (secondary N) is 1. The highest BCUT2D eigenvalue weighted by molar-refractivity contribution is 7.62. The first kappa shape index (κ1) is 37.3. The summed E-state index contributed by atoms with van der Waals surface area (Å²) in [4.78, 5) is 41.0. The Morgan fingerprint density at radius 1 is 0.723 bits per heavy atom. The summed E-state index contributed by atoms with van der Waals surface area (Å²) in [6.07, 6.45) is -4.41. The van der Waals surface area contributed by atoms with Crippen LogP contribution in [-0.2, 0) is 32.6 Å². The third-order valence-electron chi connectivity index (χ3n) is 5.32. The molecule has 47 heavy (non-hydrogen) atoms. The SMILES string of the molecule is CC(C)OC(=O)OC(C)OP(=O)(OC(C)OC(=O)OC(C)C)c1ccc(Oc2cc(OC(C)C)cc(C(=O)Nc3nccs3)c2)cc1. The van der Waals surface area contributed by atoms with Crippen LogP contribution in [0.4, 0.5) is 14.7 Å². The topological polar surface area (TPSA) is 167 Å². The molecule has 0 aliphatic rings. The van der Waals surface area contributed by atoms with E-state index in [4.69, 9.17) is 37.5 Å². The number of carbonyl (C=O) groups excluding carboxylic acids is 3. The summed E-state index contributed by atoms with van der Waals surface area (Å²) in [5.74, 6) is 0.571. The zero-order valence-corrected chi connectivity index (χ0v) is 29.0. The molecule has 2 unspecified atom stereocenters. The molecule has 14 nitrogen and oxygen atoms in total. The number of anilines is 1. The molecule has 0 saturated heterocycles. The molecule has 3 rings (SSSR count). The van der Waals surface area contributed by atoms with Gasteiger partial charge in [-0.25, -0.2) is 14.6 Å². The minimum atomic E-state index is -4.34. The van der Waals surface area contributed by atoms with E-state index in [1.54, 1.807) is 51.4 Å². The number of rotatable bonds is 15. The summed E-state index contributed by atoms with van der Waals surface area (Å²) in [5.41, 5.74) is 0.270. The first-order chi connectivity index (χ1) is 22.1. The van der Waals surface area contributed by atoms with Crippen molar-refractivity contribution in [3.63, 3.8) is 0 Å². The Kier molecular flexibility index (Phi) is 13.6. The molecular weight excluding hydrogens is 655 g/mol. The summed E-state index contributed by atoms with van der Waals surface area (Å²) >= 11 is 1.28. The fourth-order valence-corrected chi connectivity index (χ4v) is 5.88. The number of aromatic nitrogens is 1. The Bertz CT molecular complexity index is 1490. The van der Waals surface area contributed by atoms with Gasteiger partial charge < -0.3 is 28.4 Å². The number of benzene rings is 2. The van der Waals surface area contributed by atoms with Crippen LogP contribution in [0.5, 0.6) is 17.2 Å². The van der Waals surface area contributed by atoms with Gasteiger partial charge in [0.05, 0.1) is 23.6 Å². The summed E-state index contributed by atoms with van der Waals surface area (Å²) in [6, 6.07) is 10.5. The van der Waals surface area contributed by atoms with Crippen LogP contribution in [0, 0.1) is 0 Å². The van der Waals surface area contributed by atoms with Crippen molar-refractivity contribution >= 4 is 47.6 Å². The maximum Gasteiger partial charge on any atom is 0.510 e. The molecule has 2 atom stereocenters. The van der Waals surface area contributed by atoms with Gasteiger partial charge in [-0.3, -0.25) is 23.7 Å². The number of ether oxygens (including phenoxy) is 6. The quantitative estimate of drug-likeness (QED) is 0.0937. The minimum Gasteiger partial charge on any atom is -0.491 e. The molecule has 0 bridgehead atoms. The molecule has 1 amide bonds. The van der Waals surface area contributed by atoms with Crippen LogP contribution >= 0.6 is 18.9 Å². The molecule has 1 heterocycles. The van der Waals surface area contributed by atoms with E-state index in [1.165, 1.54) is 55.5 Å². The summed E-state index contributed by atoms with van der Waals surface area (Å²) < 4.78 is 57.1. The van der Waals surface area contributed by atoms with Gasteiger partial charge in [0.25, 0.3) is 5.91 Å². The van der Waals surface area contributed by atoms with Crippen LogP contribution in [0.3, 0.4) is 0 Å². The largest absolute Gasteiger partial charge is 0.510 e. The molecule has 0 fully saturated rings. The van der Waals surface area contributed by atoms with E-state index in [2.05, 4.69) is 10.3 Å². The third-order valence-corrected chi connectivity index (χ3v) is 8.09. The van der Waals surface area contributed by atoms with Crippen LogP contribution < -0.4 is 20.1 Å². The van der Waals surface area contributed by atoms with E-state index in [-0.39, 0.29) is 22.7 Å². The minimum absolute atomic E-state index is 0.0191. The van der Waals surface area contributed by atoms with Crippen LogP contribution in [0.15, 0.2) is 54.0 Å². The Morgan fingerprint density at radius 2 is 1.28 bits per heavy atom. The fourth-order valence-electron chi connectivity index (χ4n) is 3.68. The maximum atomic E-state index is 14.1. The number of thiazole rings is 1. The van der Waals surface area contributed by atoms with Gasteiger partial charge in [0.2, 0.25) is 12.6 Å². The van der Waals surface area contributed by atoms with E-state index in [9.17, 15) is 18.9 Å². The van der Waals surface area contributed by atoms with E-state index in [0.29, 0.717) is 16.6 Å². The first-order valence-electron chi connectivity index (χ1n) is 14.6. The number of amides is 1. The lowest BCUT2D eigenvalue weighted by atomic mass is 10.2. The van der Waals surface area contributed by atoms with Crippen molar-refractivity contribution in [2.45, 2.75) is 86.3 Å². The molecule has 0 saturated carbocycles. The van der Waals surface area contributed by atoms with Crippen molar-refractivity contribution in [3.8, 4) is 17.2 Å². The average molecular weight is 695 g/mol. The second-order valence-electron chi connectivity index (χ2n) is 10.7. The molecule has 0 spiro atoms. The predicted octanol–water partition coefficient (Wildman–Crippen LogP) is 7.64. The first-order valence-corrected chi connectivity index (χ1v) is 17.1. The maximum absolute atomic E-state index is 14.1. The van der Waals surface area contributed by atoms with Gasteiger partial charge in [0.1, 0.15) is 17.2 Å². The Morgan fingerprint density at radius 3 is 1.77 bits per heavy atom. The molecule has 3 aromatic rings. The lowest BCUT2D eigenvalue weighted by Crippen LogP contribution is -2.26. The van der Waals surface area contributed by atoms with Gasteiger partial charge in [-0.2, -0.15) is 0 Å². The van der Waals surface area contributed by atoms with E-state index in [0.717, 1.165) is 0 Å². The van der Waals surface area contributed by atoms with Crippen LogP contribution in [0.25, 0.3) is 0 Å². The number of carbonyl (C=O) groups is 3. The molecule has 0 aliphatic carbocycles. The second-order valence-corrected chi connectivity index (χ2v) is 13.5. The Balaban J connectivity index is 1.85. The molecule has 256 valence electrons. The lowest BCUT2D eigenvalue weighted by molar-refractivity contribution is -0.0887. The van der Waals surface area contributed by atoms with Crippen molar-refractivity contribution < 1.29 is 56.4 Å². The van der Waals surface area contributed by atoms with Crippen molar-refractivity contribution in [1.82, 2.24) is 4.98 Å². The zero-order valence-electron chi connectivity index (χ0n) is 27.3. The highest BCUT2D eigenvalue weighted by Crippen LogP contribution is 2.50. The van der Waals surface area contributed by atoms with Crippen LogP contribution in [0.1, 0.15) is 65.7 Å². The highest BCUT2D eigenvalue weighted by Gasteiger charge is 2.35. The Labute approximate surface area is 277 Å². The van der Waals surface area contributed by atoms with Crippen molar-refractivity contribution in [2.75, 3.05) is 5.32 Å². The van der Waals surface area contributed by atoms with E-state index >= 15 is 0 Å². The van der Waals surface area contributed by atoms with Crippen molar-refractivity contribution in [1.29, 1.82) is 0 Å². The summed E-state index contributed by atoms with van der Waals surface area (Å²) in [7, 11) is -4.34. The van der Waals surface area contributed by atoms with E-state index in [1.807, 2.05) is 13.8 Å². The predicted molar refractivity (Wildman–Crippen MR) is 173 cm³/mol. The van der Waals surface area contributed by atoms with Crippen LogP contribution in [0.2, 0.25) is 0 Å². The molecule has 1 N–H and O–H groups in total. The zero-order chi connectivity index (χ0) is 34.7. The average Bonchev–Trinajstić information content (AvgIpc) is 3.44. The van der Waals surface area contributed by atoms with Gasteiger partial charge in [0, 0.05) is 23.2 Å². The third kappa shape index (κ3) is 12.5. The molecule has 2 aromatic carbocycles. The number of hydrogen-bond acceptors (Lipinski definition) is 14. The molecule has 1 aromatic heterocycles. The van der Waals surface area contributed by atoms with Gasteiger partial charge in [0.15, 0.2) is 5.13 Å². The number of hydrogen-bond donors (Lipinski definition) is 1. The van der Waals surface area contributed by atoms with Gasteiger partial charge in [-0.15, -0.1) is 11.3 Å². The van der Waals surface area contributed by atoms with Gasteiger partial charge in [-0.1, -0.05) is 0 Å². The molecule has 0 aliphatic heterocycles. The fraction of sp³-hybridized carbons (Fsp3) is 0.419. The highest BCUT2D eigenvalue weighted by atomic mass is 32.1. The standard InChI is InChI=1S/C31H39N2O12PS/c1-18(2)38-25-15-23(28(34)33-29-32-13-14-47-29)16-26(17-25)43-24-9-11-27(12-10-24)46(37,44-21(7)41-30(35)39-19(3)4)45-22(8)42-31(36)40-20(5)6/h9-22H,1-8H3,(H,32,33,34). The molecule has 0 radical (unpaired) electrons. The van der Waals surface area contributed by atoms with Crippen LogP contribution in [-0.4, -0.2) is 54.1 Å². The summed E-state index contributed by atoms with van der Waals surface area (Å²) in [6.45, 7) is 12.9.